The first-order valence-corrected chi connectivity index (χ1v) is 9.00. The van der Waals surface area contributed by atoms with Gasteiger partial charge in [0.2, 0.25) is 5.91 Å². The highest BCUT2D eigenvalue weighted by molar-refractivity contribution is 5.92. The molecular formula is C19H25N5O2. The molecule has 0 saturated carbocycles. The van der Waals surface area contributed by atoms with E-state index in [1.165, 1.54) is 0 Å². The topological polar surface area (TPSA) is 80.1 Å². The molecule has 1 atom stereocenters. The molecule has 1 aliphatic heterocycles. The number of fused-ring (bicyclic) bond motifs is 1. The van der Waals surface area contributed by atoms with E-state index in [4.69, 9.17) is 0 Å². The highest BCUT2D eigenvalue weighted by atomic mass is 16.2. The number of imidazole rings is 1. The lowest BCUT2D eigenvalue weighted by atomic mass is 10.1. The molecule has 138 valence electrons. The Kier molecular flexibility index (Phi) is 5.35. The van der Waals surface area contributed by atoms with Gasteiger partial charge in [-0.2, -0.15) is 0 Å². The largest absolute Gasteiger partial charge is 0.345 e. The average Bonchev–Trinajstić information content (AvgIpc) is 3.05. The third-order valence-corrected chi connectivity index (χ3v) is 4.52. The molecule has 0 spiro atoms. The lowest BCUT2D eigenvalue weighted by Gasteiger charge is -2.34. The van der Waals surface area contributed by atoms with Crippen LogP contribution in [0.15, 0.2) is 30.6 Å². The Morgan fingerprint density at radius 3 is 2.81 bits per heavy atom. The predicted molar refractivity (Wildman–Crippen MR) is 97.2 cm³/mol. The van der Waals surface area contributed by atoms with Crippen LogP contribution in [-0.2, 0) is 17.9 Å². The minimum absolute atomic E-state index is 0.132. The van der Waals surface area contributed by atoms with Crippen LogP contribution in [0, 0.1) is 5.92 Å². The lowest BCUT2D eigenvalue weighted by Crippen LogP contribution is -2.41. The van der Waals surface area contributed by atoms with Gasteiger partial charge in [0, 0.05) is 31.9 Å². The molecule has 26 heavy (non-hydrogen) atoms. The van der Waals surface area contributed by atoms with E-state index in [2.05, 4.69) is 15.3 Å². The van der Waals surface area contributed by atoms with Gasteiger partial charge < -0.3 is 14.8 Å². The SMILES string of the molecule is CC(C)CC(=O)N1CCn2cc(C(=O)NCc3ccccn3)nc2[C@H]1C. The van der Waals surface area contributed by atoms with Gasteiger partial charge in [0.15, 0.2) is 0 Å². The second kappa shape index (κ2) is 7.68. The van der Waals surface area contributed by atoms with Crippen LogP contribution < -0.4 is 5.32 Å². The van der Waals surface area contributed by atoms with Gasteiger partial charge in [-0.15, -0.1) is 0 Å². The number of amides is 2. The van der Waals surface area contributed by atoms with Gasteiger partial charge in [-0.1, -0.05) is 19.9 Å². The van der Waals surface area contributed by atoms with E-state index in [0.29, 0.717) is 37.7 Å². The van der Waals surface area contributed by atoms with Gasteiger partial charge >= 0.3 is 0 Å². The van der Waals surface area contributed by atoms with Crippen molar-refractivity contribution in [2.45, 2.75) is 46.3 Å². The van der Waals surface area contributed by atoms with Gasteiger partial charge in [-0.05, 0) is 25.0 Å². The number of hydrogen-bond acceptors (Lipinski definition) is 4. The fourth-order valence-corrected chi connectivity index (χ4v) is 3.17. The number of pyridine rings is 1. The molecule has 7 heteroatoms. The monoisotopic (exact) mass is 355 g/mol. The number of aromatic nitrogens is 3. The van der Waals surface area contributed by atoms with Crippen LogP contribution >= 0.6 is 0 Å². The highest BCUT2D eigenvalue weighted by Gasteiger charge is 2.30. The molecule has 2 aromatic rings. The molecule has 3 heterocycles. The summed E-state index contributed by atoms with van der Waals surface area (Å²) in [5.74, 6) is 0.994. The Balaban J connectivity index is 1.68. The molecule has 2 aromatic heterocycles. The van der Waals surface area contributed by atoms with Gasteiger partial charge in [0.25, 0.3) is 5.91 Å². The molecule has 0 aromatic carbocycles. The molecule has 3 rings (SSSR count). The van der Waals surface area contributed by atoms with Crippen molar-refractivity contribution in [3.8, 4) is 0 Å². The fourth-order valence-electron chi connectivity index (χ4n) is 3.17. The minimum Gasteiger partial charge on any atom is -0.345 e. The molecule has 0 unspecified atom stereocenters. The van der Waals surface area contributed by atoms with Gasteiger partial charge in [-0.3, -0.25) is 14.6 Å². The fraction of sp³-hybridized carbons (Fsp3) is 0.474. The summed E-state index contributed by atoms with van der Waals surface area (Å²) < 4.78 is 1.97. The van der Waals surface area contributed by atoms with E-state index in [0.717, 1.165) is 11.5 Å². The Hall–Kier alpha value is -2.70. The maximum atomic E-state index is 12.4. The standard InChI is InChI=1S/C19H25N5O2/c1-13(2)10-17(25)24-9-8-23-12-16(22-18(23)14(24)3)19(26)21-11-15-6-4-5-7-20-15/h4-7,12-14H,8-11H2,1-3H3,(H,21,26)/t14-/m1/s1. The van der Waals surface area contributed by atoms with Crippen molar-refractivity contribution in [1.82, 2.24) is 24.8 Å². The van der Waals surface area contributed by atoms with Crippen molar-refractivity contribution in [1.29, 1.82) is 0 Å². The first kappa shape index (κ1) is 18.1. The third-order valence-electron chi connectivity index (χ3n) is 4.52. The number of hydrogen-bond donors (Lipinski definition) is 1. The first-order valence-electron chi connectivity index (χ1n) is 9.00. The van der Waals surface area contributed by atoms with E-state index in [9.17, 15) is 9.59 Å². The zero-order valence-corrected chi connectivity index (χ0v) is 15.5. The van der Waals surface area contributed by atoms with Crippen LogP contribution in [0.1, 0.15) is 55.2 Å². The number of nitrogens with one attached hydrogen (secondary N) is 1. The van der Waals surface area contributed by atoms with Gasteiger partial charge in [-0.25, -0.2) is 4.98 Å². The van der Waals surface area contributed by atoms with Crippen LogP contribution in [0.5, 0.6) is 0 Å². The summed E-state index contributed by atoms with van der Waals surface area (Å²) in [6, 6.07) is 5.45. The van der Waals surface area contributed by atoms with Crippen molar-refractivity contribution < 1.29 is 9.59 Å². The van der Waals surface area contributed by atoms with E-state index in [1.54, 1.807) is 12.4 Å². The van der Waals surface area contributed by atoms with E-state index in [1.807, 2.05) is 48.4 Å². The van der Waals surface area contributed by atoms with Gasteiger partial charge in [0.05, 0.1) is 18.3 Å². The molecule has 2 amide bonds. The molecule has 0 saturated heterocycles. The second-order valence-corrected chi connectivity index (χ2v) is 7.04. The predicted octanol–water partition coefficient (Wildman–Crippen LogP) is 2.16. The maximum absolute atomic E-state index is 12.4. The van der Waals surface area contributed by atoms with E-state index >= 15 is 0 Å². The molecule has 0 fully saturated rings. The molecule has 0 bridgehead atoms. The molecule has 7 nitrogen and oxygen atoms in total. The minimum atomic E-state index is -0.232. The summed E-state index contributed by atoms with van der Waals surface area (Å²) in [5.41, 5.74) is 1.17. The number of rotatable bonds is 5. The average molecular weight is 355 g/mol. The molecule has 1 N–H and O–H groups in total. The number of carbonyl (C=O) groups is 2. The molecular weight excluding hydrogens is 330 g/mol. The Morgan fingerprint density at radius 1 is 1.31 bits per heavy atom. The van der Waals surface area contributed by atoms with Crippen LogP contribution in [0.4, 0.5) is 0 Å². The summed E-state index contributed by atoms with van der Waals surface area (Å²) in [7, 11) is 0. The summed E-state index contributed by atoms with van der Waals surface area (Å²) in [5, 5.41) is 2.84. The van der Waals surface area contributed by atoms with E-state index in [-0.39, 0.29) is 17.9 Å². The maximum Gasteiger partial charge on any atom is 0.271 e. The summed E-state index contributed by atoms with van der Waals surface area (Å²) in [4.78, 5) is 35.4. The molecule has 1 aliphatic rings. The Morgan fingerprint density at radius 2 is 2.12 bits per heavy atom. The first-order chi connectivity index (χ1) is 12.5. The second-order valence-electron chi connectivity index (χ2n) is 7.04. The van der Waals surface area contributed by atoms with Crippen molar-refractivity contribution in [2.75, 3.05) is 6.54 Å². The van der Waals surface area contributed by atoms with Gasteiger partial charge in [0.1, 0.15) is 11.5 Å². The Bertz CT molecular complexity index is 784. The van der Waals surface area contributed by atoms with Crippen LogP contribution in [0.3, 0.4) is 0 Å². The summed E-state index contributed by atoms with van der Waals surface area (Å²) >= 11 is 0. The third kappa shape index (κ3) is 3.92. The highest BCUT2D eigenvalue weighted by Crippen LogP contribution is 2.26. The quantitative estimate of drug-likeness (QED) is 0.891. The lowest BCUT2D eigenvalue weighted by molar-refractivity contribution is -0.135. The van der Waals surface area contributed by atoms with Crippen molar-refractivity contribution >= 4 is 11.8 Å². The van der Waals surface area contributed by atoms with Crippen molar-refractivity contribution in [3.63, 3.8) is 0 Å². The summed E-state index contributed by atoms with van der Waals surface area (Å²) in [6.07, 6.45) is 3.99. The van der Waals surface area contributed by atoms with Crippen molar-refractivity contribution in [2.24, 2.45) is 5.92 Å². The van der Waals surface area contributed by atoms with Crippen LogP contribution in [-0.4, -0.2) is 37.8 Å². The smallest absolute Gasteiger partial charge is 0.271 e. The zero-order chi connectivity index (χ0) is 18.7. The Labute approximate surface area is 153 Å². The normalized spacial score (nSPS) is 16.5. The zero-order valence-electron chi connectivity index (χ0n) is 15.5. The molecule has 0 radical (unpaired) electrons. The van der Waals surface area contributed by atoms with Crippen molar-refractivity contribution in [3.05, 3.63) is 47.8 Å². The van der Waals surface area contributed by atoms with Crippen LogP contribution in [0.2, 0.25) is 0 Å². The number of carbonyl (C=O) groups excluding carboxylic acids is 2. The van der Waals surface area contributed by atoms with Crippen LogP contribution in [0.25, 0.3) is 0 Å². The van der Waals surface area contributed by atoms with E-state index < -0.39 is 0 Å². The summed E-state index contributed by atoms with van der Waals surface area (Å²) in [6.45, 7) is 7.70. The number of nitrogens with zero attached hydrogens (tertiary/aromatic N) is 4. The molecule has 0 aliphatic carbocycles.